The lowest BCUT2D eigenvalue weighted by Gasteiger charge is -2.12. The maximum absolute atomic E-state index is 12.5. The summed E-state index contributed by atoms with van der Waals surface area (Å²) in [6.45, 7) is 0. The van der Waals surface area contributed by atoms with Gasteiger partial charge in [0.15, 0.2) is 0 Å². The average molecular weight is 497 g/mol. The van der Waals surface area contributed by atoms with E-state index in [2.05, 4.69) is 31.9 Å². The largest absolute Gasteiger partial charge is 0.298 e. The van der Waals surface area contributed by atoms with E-state index in [4.69, 9.17) is 12.2 Å². The van der Waals surface area contributed by atoms with Gasteiger partial charge in [0.05, 0.1) is 11.3 Å². The SMILES string of the molecule is O=C(Cc1ccc(Br)cc1)N1C(=O)S/C(=C/c2ccc(Br)cc2)C1=S. The van der Waals surface area contributed by atoms with Gasteiger partial charge >= 0.3 is 0 Å². The normalized spacial score (nSPS) is 15.9. The van der Waals surface area contributed by atoms with Crippen LogP contribution in [0.5, 0.6) is 0 Å². The van der Waals surface area contributed by atoms with Crippen molar-refractivity contribution in [2.24, 2.45) is 0 Å². The van der Waals surface area contributed by atoms with Gasteiger partial charge in [-0.05, 0) is 53.2 Å². The molecule has 0 radical (unpaired) electrons. The zero-order valence-corrected chi connectivity index (χ0v) is 17.5. The summed E-state index contributed by atoms with van der Waals surface area (Å²) in [6.07, 6.45) is 1.95. The summed E-state index contributed by atoms with van der Waals surface area (Å²) in [6, 6.07) is 15.1. The lowest BCUT2D eigenvalue weighted by molar-refractivity contribution is -0.124. The lowest BCUT2D eigenvalue weighted by atomic mass is 10.1. The molecule has 1 saturated heterocycles. The average Bonchev–Trinajstić information content (AvgIpc) is 2.85. The Kier molecular flexibility index (Phi) is 5.89. The summed E-state index contributed by atoms with van der Waals surface area (Å²) in [7, 11) is 0. The van der Waals surface area contributed by atoms with Crippen LogP contribution in [-0.4, -0.2) is 21.0 Å². The van der Waals surface area contributed by atoms with Crippen molar-refractivity contribution in [1.29, 1.82) is 0 Å². The molecule has 1 aliphatic rings. The van der Waals surface area contributed by atoms with Crippen LogP contribution in [-0.2, 0) is 11.2 Å². The van der Waals surface area contributed by atoms with E-state index >= 15 is 0 Å². The number of hydrogen-bond donors (Lipinski definition) is 0. The molecule has 3 rings (SSSR count). The smallest absolute Gasteiger partial charge is 0.274 e. The summed E-state index contributed by atoms with van der Waals surface area (Å²) in [5.41, 5.74) is 1.75. The monoisotopic (exact) mass is 495 g/mol. The van der Waals surface area contributed by atoms with Crippen LogP contribution in [0.2, 0.25) is 0 Å². The van der Waals surface area contributed by atoms with E-state index in [9.17, 15) is 9.59 Å². The van der Waals surface area contributed by atoms with Crippen molar-refractivity contribution in [1.82, 2.24) is 4.90 Å². The summed E-state index contributed by atoms with van der Waals surface area (Å²) in [5.74, 6) is -0.316. The van der Waals surface area contributed by atoms with Crippen molar-refractivity contribution in [3.8, 4) is 0 Å². The van der Waals surface area contributed by atoms with Gasteiger partial charge in [-0.25, -0.2) is 4.90 Å². The van der Waals surface area contributed by atoms with Gasteiger partial charge in [-0.3, -0.25) is 9.59 Å². The van der Waals surface area contributed by atoms with Crippen LogP contribution in [0.4, 0.5) is 4.79 Å². The number of benzene rings is 2. The quantitative estimate of drug-likeness (QED) is 0.396. The summed E-state index contributed by atoms with van der Waals surface area (Å²) >= 11 is 13.1. The van der Waals surface area contributed by atoms with Crippen LogP contribution in [0.25, 0.3) is 6.08 Å². The number of rotatable bonds is 3. The number of amides is 2. The Labute approximate surface area is 171 Å². The van der Waals surface area contributed by atoms with E-state index in [0.29, 0.717) is 4.91 Å². The van der Waals surface area contributed by atoms with Gasteiger partial charge in [0, 0.05) is 8.95 Å². The molecule has 0 bridgehead atoms. The number of thiocarbonyl (C=S) groups is 1. The first kappa shape index (κ1) is 18.5. The van der Waals surface area contributed by atoms with Gasteiger partial charge in [0.25, 0.3) is 5.24 Å². The Morgan fingerprint density at radius 3 is 2.20 bits per heavy atom. The molecule has 1 fully saturated rings. The molecule has 0 N–H and O–H groups in total. The molecular formula is C18H11Br2NO2S2. The van der Waals surface area contributed by atoms with Crippen molar-refractivity contribution in [3.63, 3.8) is 0 Å². The zero-order valence-electron chi connectivity index (χ0n) is 12.7. The third-order valence-corrected chi connectivity index (χ3v) is 5.96. The molecule has 25 heavy (non-hydrogen) atoms. The molecule has 1 aliphatic heterocycles. The molecule has 0 saturated carbocycles. The van der Waals surface area contributed by atoms with E-state index in [1.54, 1.807) is 0 Å². The maximum atomic E-state index is 12.5. The fourth-order valence-corrected chi connectivity index (χ4v) is 4.05. The Morgan fingerprint density at radius 2 is 1.60 bits per heavy atom. The zero-order chi connectivity index (χ0) is 18.0. The second-order valence-corrected chi connectivity index (χ2v) is 8.48. The lowest BCUT2D eigenvalue weighted by Crippen LogP contribution is -2.35. The van der Waals surface area contributed by atoms with Crippen LogP contribution in [0.1, 0.15) is 11.1 Å². The van der Waals surface area contributed by atoms with Crippen molar-refractivity contribution >= 4 is 78.1 Å². The number of carbonyl (C=O) groups excluding carboxylic acids is 2. The predicted molar refractivity (Wildman–Crippen MR) is 112 cm³/mol. The molecule has 0 aromatic heterocycles. The van der Waals surface area contributed by atoms with E-state index in [1.807, 2.05) is 54.6 Å². The summed E-state index contributed by atoms with van der Waals surface area (Å²) in [4.78, 5) is 26.7. The molecule has 3 nitrogen and oxygen atoms in total. The minimum Gasteiger partial charge on any atom is -0.274 e. The van der Waals surface area contributed by atoms with Gasteiger partial charge in [0.1, 0.15) is 4.99 Å². The van der Waals surface area contributed by atoms with Crippen LogP contribution in [0, 0.1) is 0 Å². The van der Waals surface area contributed by atoms with Gasteiger partial charge < -0.3 is 0 Å². The van der Waals surface area contributed by atoms with Crippen molar-refractivity contribution in [2.45, 2.75) is 6.42 Å². The van der Waals surface area contributed by atoms with Gasteiger partial charge in [0.2, 0.25) is 5.91 Å². The number of carbonyl (C=O) groups is 2. The van der Waals surface area contributed by atoms with E-state index in [-0.39, 0.29) is 22.6 Å². The molecule has 0 aliphatic carbocycles. The Balaban J connectivity index is 1.77. The molecule has 126 valence electrons. The second kappa shape index (κ2) is 7.95. The third kappa shape index (κ3) is 4.47. The number of thioether (sulfide) groups is 1. The molecule has 2 aromatic carbocycles. The highest BCUT2D eigenvalue weighted by atomic mass is 79.9. The Morgan fingerprint density at radius 1 is 1.04 bits per heavy atom. The minimum absolute atomic E-state index is 0.130. The van der Waals surface area contributed by atoms with E-state index in [1.165, 1.54) is 0 Å². The first-order chi connectivity index (χ1) is 11.9. The molecule has 0 atom stereocenters. The van der Waals surface area contributed by atoms with Crippen LogP contribution in [0.15, 0.2) is 62.4 Å². The summed E-state index contributed by atoms with van der Waals surface area (Å²) in [5, 5.41) is -0.351. The third-order valence-electron chi connectivity index (χ3n) is 3.48. The van der Waals surface area contributed by atoms with Crippen molar-refractivity contribution < 1.29 is 9.59 Å². The second-order valence-electron chi connectivity index (χ2n) is 5.27. The number of imide groups is 1. The highest BCUT2D eigenvalue weighted by Gasteiger charge is 2.36. The molecule has 7 heteroatoms. The minimum atomic E-state index is -0.351. The maximum Gasteiger partial charge on any atom is 0.298 e. The Bertz CT molecular complexity index is 877. The van der Waals surface area contributed by atoms with Crippen LogP contribution in [0.3, 0.4) is 0 Å². The summed E-state index contributed by atoms with van der Waals surface area (Å²) < 4.78 is 1.91. The van der Waals surface area contributed by atoms with E-state index < -0.39 is 0 Å². The number of nitrogens with zero attached hydrogens (tertiary/aromatic N) is 1. The van der Waals surface area contributed by atoms with Crippen LogP contribution >= 0.6 is 55.8 Å². The van der Waals surface area contributed by atoms with Gasteiger partial charge in [-0.2, -0.15) is 0 Å². The molecular weight excluding hydrogens is 486 g/mol. The topological polar surface area (TPSA) is 37.4 Å². The first-order valence-corrected chi connectivity index (χ1v) is 10.1. The van der Waals surface area contributed by atoms with Crippen molar-refractivity contribution in [3.05, 3.63) is 73.5 Å². The fourth-order valence-electron chi connectivity index (χ4n) is 2.25. The van der Waals surface area contributed by atoms with Gasteiger partial charge in [-0.1, -0.05) is 68.3 Å². The molecule has 1 heterocycles. The molecule has 2 amide bonds. The Hall–Kier alpha value is -1.28. The van der Waals surface area contributed by atoms with Crippen LogP contribution < -0.4 is 0 Å². The predicted octanol–water partition coefficient (Wildman–Crippen LogP) is 5.82. The standard InChI is InChI=1S/C18H11Br2NO2S2/c19-13-5-1-11(2-6-13)9-15-17(24)21(18(23)25-15)16(22)10-12-3-7-14(20)8-4-12/h1-9H,10H2/b15-9+. The fraction of sp³-hybridized carbons (Fsp3) is 0.0556. The number of hydrogen-bond acceptors (Lipinski definition) is 4. The van der Waals surface area contributed by atoms with Crippen molar-refractivity contribution in [2.75, 3.05) is 0 Å². The van der Waals surface area contributed by atoms with Gasteiger partial charge in [-0.15, -0.1) is 0 Å². The molecule has 0 unspecified atom stereocenters. The highest BCUT2D eigenvalue weighted by Crippen LogP contribution is 2.34. The first-order valence-electron chi connectivity index (χ1n) is 7.25. The highest BCUT2D eigenvalue weighted by molar-refractivity contribution is 9.10. The molecule has 0 spiro atoms. The number of halogens is 2. The van der Waals surface area contributed by atoms with E-state index in [0.717, 1.165) is 36.7 Å². The molecule has 2 aromatic rings.